The van der Waals surface area contributed by atoms with Crippen molar-refractivity contribution in [2.75, 3.05) is 13.1 Å². The van der Waals surface area contributed by atoms with Crippen molar-refractivity contribution >= 4 is 0 Å². The largest absolute Gasteiger partial charge is 0.339 e. The van der Waals surface area contributed by atoms with Crippen LogP contribution in [0, 0.1) is 0 Å². The van der Waals surface area contributed by atoms with Crippen molar-refractivity contribution in [3.05, 3.63) is 47.1 Å². The van der Waals surface area contributed by atoms with Gasteiger partial charge in [0.1, 0.15) is 0 Å². The number of aromatic nitrogens is 2. The smallest absolute Gasteiger partial charge is 0.229 e. The van der Waals surface area contributed by atoms with E-state index in [2.05, 4.69) is 34.7 Å². The molecule has 104 valence electrons. The Balaban J connectivity index is 1.59. The first kappa shape index (κ1) is 12.1. The van der Waals surface area contributed by atoms with Crippen LogP contribution >= 0.6 is 0 Å². The second kappa shape index (κ2) is 5.02. The third kappa shape index (κ3) is 2.04. The predicted octanol–water partition coefficient (Wildman–Crippen LogP) is 2.61. The van der Waals surface area contributed by atoms with Gasteiger partial charge in [-0.05, 0) is 49.9 Å². The van der Waals surface area contributed by atoms with E-state index < -0.39 is 0 Å². The molecule has 1 atom stereocenters. The minimum absolute atomic E-state index is 0.324. The van der Waals surface area contributed by atoms with Crippen molar-refractivity contribution in [2.24, 2.45) is 0 Å². The molecule has 1 fully saturated rings. The molecule has 0 bridgehead atoms. The van der Waals surface area contributed by atoms with Crippen molar-refractivity contribution in [3.63, 3.8) is 0 Å². The molecule has 4 rings (SSSR count). The van der Waals surface area contributed by atoms with Crippen molar-refractivity contribution < 1.29 is 4.52 Å². The highest BCUT2D eigenvalue weighted by atomic mass is 16.5. The van der Waals surface area contributed by atoms with E-state index in [0.717, 1.165) is 50.5 Å². The lowest BCUT2D eigenvalue weighted by molar-refractivity contribution is 0.317. The fourth-order valence-corrected chi connectivity index (χ4v) is 3.45. The van der Waals surface area contributed by atoms with E-state index in [4.69, 9.17) is 9.51 Å². The Morgan fingerprint density at radius 1 is 1.10 bits per heavy atom. The number of fused-ring (bicyclic) bond motifs is 1. The van der Waals surface area contributed by atoms with E-state index in [-0.39, 0.29) is 0 Å². The Bertz CT molecular complexity index is 601. The van der Waals surface area contributed by atoms with Crippen LogP contribution in [0.1, 0.15) is 53.9 Å². The van der Waals surface area contributed by atoms with E-state index in [1.54, 1.807) is 0 Å². The lowest BCUT2D eigenvalue weighted by Crippen LogP contribution is -2.26. The fraction of sp³-hybridized carbons (Fsp3) is 0.500. The summed E-state index contributed by atoms with van der Waals surface area (Å²) in [5.74, 6) is 2.48. The zero-order valence-corrected chi connectivity index (χ0v) is 11.5. The second-order valence-electron chi connectivity index (χ2n) is 5.81. The van der Waals surface area contributed by atoms with Gasteiger partial charge in [0.25, 0.3) is 0 Å². The van der Waals surface area contributed by atoms with E-state index in [1.807, 2.05) is 0 Å². The maximum Gasteiger partial charge on any atom is 0.229 e. The van der Waals surface area contributed by atoms with E-state index in [1.165, 1.54) is 11.1 Å². The van der Waals surface area contributed by atoms with Crippen LogP contribution in [0.15, 0.2) is 28.8 Å². The van der Waals surface area contributed by atoms with Gasteiger partial charge in [-0.3, -0.25) is 0 Å². The van der Waals surface area contributed by atoms with Crippen molar-refractivity contribution in [1.82, 2.24) is 15.5 Å². The number of hydrogen-bond donors (Lipinski definition) is 1. The molecule has 1 aliphatic carbocycles. The van der Waals surface area contributed by atoms with Crippen molar-refractivity contribution in [3.8, 4) is 0 Å². The summed E-state index contributed by atoms with van der Waals surface area (Å²) in [7, 11) is 0. The average Bonchev–Trinajstić information content (AvgIpc) is 3.14. The Hall–Kier alpha value is -1.68. The summed E-state index contributed by atoms with van der Waals surface area (Å²) < 4.78 is 5.54. The zero-order chi connectivity index (χ0) is 13.4. The first-order chi connectivity index (χ1) is 9.92. The topological polar surface area (TPSA) is 51.0 Å². The molecule has 1 unspecified atom stereocenters. The average molecular weight is 269 g/mol. The lowest BCUT2D eigenvalue weighted by Gasteiger charge is -2.18. The summed E-state index contributed by atoms with van der Waals surface area (Å²) in [5, 5.41) is 7.64. The maximum absolute atomic E-state index is 5.54. The summed E-state index contributed by atoms with van der Waals surface area (Å²) in [6, 6.07) is 8.62. The summed E-state index contributed by atoms with van der Waals surface area (Å²) in [6.45, 7) is 2.10. The van der Waals surface area contributed by atoms with Gasteiger partial charge in [-0.25, -0.2) is 0 Å². The highest BCUT2D eigenvalue weighted by molar-refractivity contribution is 5.38. The lowest BCUT2D eigenvalue weighted by atomic mass is 9.98. The maximum atomic E-state index is 5.54. The second-order valence-corrected chi connectivity index (χ2v) is 5.81. The molecule has 4 heteroatoms. The molecule has 1 N–H and O–H groups in total. The van der Waals surface area contributed by atoms with E-state index >= 15 is 0 Å². The fourth-order valence-electron chi connectivity index (χ4n) is 3.45. The number of piperidine rings is 1. The summed E-state index contributed by atoms with van der Waals surface area (Å²) in [6.07, 6.45) is 4.42. The molecule has 4 nitrogen and oxygen atoms in total. The van der Waals surface area contributed by atoms with Crippen LogP contribution in [0.25, 0.3) is 0 Å². The van der Waals surface area contributed by atoms with Gasteiger partial charge in [0.05, 0.1) is 0 Å². The molecule has 0 amide bonds. The number of aryl methyl sites for hydroxylation is 1. The van der Waals surface area contributed by atoms with Crippen LogP contribution in [0.2, 0.25) is 0 Å². The van der Waals surface area contributed by atoms with Gasteiger partial charge in [0.2, 0.25) is 5.89 Å². The van der Waals surface area contributed by atoms with Crippen LogP contribution in [-0.4, -0.2) is 23.2 Å². The molecule has 1 saturated heterocycles. The molecule has 0 spiro atoms. The number of hydrogen-bond acceptors (Lipinski definition) is 4. The first-order valence-corrected chi connectivity index (χ1v) is 7.54. The molecule has 0 radical (unpaired) electrons. The van der Waals surface area contributed by atoms with Crippen LogP contribution < -0.4 is 5.32 Å². The molecular weight excluding hydrogens is 250 g/mol. The van der Waals surface area contributed by atoms with E-state index in [0.29, 0.717) is 11.8 Å². The molecule has 1 aromatic heterocycles. The molecule has 20 heavy (non-hydrogen) atoms. The number of nitrogens with one attached hydrogen (secondary N) is 1. The number of benzene rings is 1. The Kier molecular flexibility index (Phi) is 3.03. The minimum atomic E-state index is 0.324. The highest BCUT2D eigenvalue weighted by Crippen LogP contribution is 2.37. The normalized spacial score (nSPS) is 22.9. The third-order valence-corrected chi connectivity index (χ3v) is 4.59. The standard InChI is InChI=1S/C16H19N3O/c1-2-4-13-11(3-1)5-6-14(13)15-18-16(20-19-15)12-7-9-17-10-8-12/h1-4,12,14,17H,5-10H2. The molecule has 2 aliphatic rings. The van der Waals surface area contributed by atoms with Gasteiger partial charge in [0.15, 0.2) is 5.82 Å². The van der Waals surface area contributed by atoms with Gasteiger partial charge in [-0.1, -0.05) is 29.4 Å². The molecule has 2 aromatic rings. The monoisotopic (exact) mass is 269 g/mol. The van der Waals surface area contributed by atoms with Gasteiger partial charge >= 0.3 is 0 Å². The summed E-state index contributed by atoms with van der Waals surface area (Å²) in [5.41, 5.74) is 2.82. The Morgan fingerprint density at radius 2 is 1.95 bits per heavy atom. The van der Waals surface area contributed by atoms with Gasteiger partial charge < -0.3 is 9.84 Å². The third-order valence-electron chi connectivity index (χ3n) is 4.59. The number of rotatable bonds is 2. The molecule has 0 saturated carbocycles. The minimum Gasteiger partial charge on any atom is -0.339 e. The molecule has 2 heterocycles. The Labute approximate surface area is 118 Å². The predicted molar refractivity (Wildman–Crippen MR) is 75.7 cm³/mol. The highest BCUT2D eigenvalue weighted by Gasteiger charge is 2.29. The first-order valence-electron chi connectivity index (χ1n) is 7.54. The van der Waals surface area contributed by atoms with Gasteiger partial charge in [0, 0.05) is 11.8 Å². The number of nitrogens with zero attached hydrogens (tertiary/aromatic N) is 2. The van der Waals surface area contributed by atoms with Crippen molar-refractivity contribution in [1.29, 1.82) is 0 Å². The Morgan fingerprint density at radius 3 is 2.85 bits per heavy atom. The van der Waals surface area contributed by atoms with Crippen molar-refractivity contribution in [2.45, 2.75) is 37.5 Å². The summed E-state index contributed by atoms with van der Waals surface area (Å²) >= 11 is 0. The van der Waals surface area contributed by atoms with Crippen LogP contribution in [0.4, 0.5) is 0 Å². The van der Waals surface area contributed by atoms with E-state index in [9.17, 15) is 0 Å². The SMILES string of the molecule is c1ccc2c(c1)CCC2c1noc(C2CCNCC2)n1. The molecular formula is C16H19N3O. The zero-order valence-electron chi connectivity index (χ0n) is 11.5. The summed E-state index contributed by atoms with van der Waals surface area (Å²) in [4.78, 5) is 4.71. The van der Waals surface area contributed by atoms with Crippen LogP contribution in [0.3, 0.4) is 0 Å². The van der Waals surface area contributed by atoms with Crippen LogP contribution in [0.5, 0.6) is 0 Å². The quantitative estimate of drug-likeness (QED) is 0.910. The molecule has 1 aliphatic heterocycles. The van der Waals surface area contributed by atoms with Gasteiger partial charge in [-0.15, -0.1) is 0 Å². The van der Waals surface area contributed by atoms with Gasteiger partial charge in [-0.2, -0.15) is 4.98 Å². The molecule has 1 aromatic carbocycles. The van der Waals surface area contributed by atoms with Crippen LogP contribution in [-0.2, 0) is 6.42 Å².